The van der Waals surface area contributed by atoms with Crippen LogP contribution >= 0.6 is 0 Å². The maximum Gasteiger partial charge on any atom is 0.306 e. The van der Waals surface area contributed by atoms with Crippen LogP contribution in [0.3, 0.4) is 0 Å². The molecule has 0 aromatic carbocycles. The van der Waals surface area contributed by atoms with Crippen LogP contribution in [0, 0.1) is 5.92 Å². The third kappa shape index (κ3) is 3.92. The molecule has 1 N–H and O–H groups in total. The smallest absolute Gasteiger partial charge is 0.306 e. The summed E-state index contributed by atoms with van der Waals surface area (Å²) in [6.45, 7) is 5.32. The Morgan fingerprint density at radius 2 is 1.77 bits per heavy atom. The fraction of sp³-hybridized carbons (Fsp3) is 0.778. The number of aliphatic carboxylic acids is 1. The van der Waals surface area contributed by atoms with Crippen LogP contribution in [-0.4, -0.2) is 35.0 Å². The molecule has 1 unspecified atom stereocenters. The Kier molecular flexibility index (Phi) is 4.45. The third-order valence-electron chi connectivity index (χ3n) is 2.07. The van der Waals surface area contributed by atoms with Gasteiger partial charge < -0.3 is 10.0 Å². The lowest BCUT2D eigenvalue weighted by atomic mass is 10.1. The van der Waals surface area contributed by atoms with Gasteiger partial charge in [0.15, 0.2) is 0 Å². The molecule has 0 aromatic rings. The van der Waals surface area contributed by atoms with Gasteiger partial charge >= 0.3 is 5.97 Å². The normalized spacial score (nSPS) is 12.7. The highest BCUT2D eigenvalue weighted by Crippen LogP contribution is 2.06. The Morgan fingerprint density at radius 1 is 1.31 bits per heavy atom. The zero-order valence-electron chi connectivity index (χ0n) is 8.57. The molecular formula is C9H17NO3. The molecule has 1 atom stereocenters. The second-order valence-electron chi connectivity index (χ2n) is 3.54. The van der Waals surface area contributed by atoms with Gasteiger partial charge in [-0.2, -0.15) is 0 Å². The van der Waals surface area contributed by atoms with E-state index < -0.39 is 11.9 Å². The van der Waals surface area contributed by atoms with Gasteiger partial charge in [0, 0.05) is 19.5 Å². The minimum Gasteiger partial charge on any atom is -0.481 e. The van der Waals surface area contributed by atoms with Crippen molar-refractivity contribution in [2.24, 2.45) is 5.92 Å². The number of nitrogens with zero attached hydrogens (tertiary/aromatic N) is 1. The van der Waals surface area contributed by atoms with Crippen LogP contribution in [0.4, 0.5) is 0 Å². The molecule has 0 radical (unpaired) electrons. The first-order valence-electron chi connectivity index (χ1n) is 4.34. The van der Waals surface area contributed by atoms with Gasteiger partial charge in [0.2, 0.25) is 5.91 Å². The number of carbonyl (C=O) groups is 2. The number of carboxylic acid groups (broad SMARTS) is 1. The topological polar surface area (TPSA) is 57.6 Å². The molecule has 0 rings (SSSR count). The summed E-state index contributed by atoms with van der Waals surface area (Å²) in [4.78, 5) is 23.4. The second kappa shape index (κ2) is 4.84. The quantitative estimate of drug-likeness (QED) is 0.713. The standard InChI is InChI=1S/C9H17NO3/c1-6(2)10(4)8(11)5-7(3)9(12)13/h6-7H,5H2,1-4H3,(H,12,13). The minimum absolute atomic E-state index is 0.0734. The van der Waals surface area contributed by atoms with Crippen LogP contribution in [0.1, 0.15) is 27.2 Å². The average molecular weight is 187 g/mol. The zero-order valence-corrected chi connectivity index (χ0v) is 8.57. The summed E-state index contributed by atoms with van der Waals surface area (Å²) in [6, 6.07) is 0.119. The molecule has 0 aliphatic heterocycles. The van der Waals surface area contributed by atoms with Gasteiger partial charge in [-0.25, -0.2) is 0 Å². The molecule has 0 spiro atoms. The summed E-state index contributed by atoms with van der Waals surface area (Å²) in [5.74, 6) is -1.65. The molecule has 0 aromatic heterocycles. The Morgan fingerprint density at radius 3 is 2.08 bits per heavy atom. The maximum atomic E-state index is 11.4. The SMILES string of the molecule is CC(CC(=O)N(C)C(C)C)C(=O)O. The van der Waals surface area contributed by atoms with E-state index in [0.717, 1.165) is 0 Å². The number of rotatable bonds is 4. The molecular weight excluding hydrogens is 170 g/mol. The molecule has 0 aliphatic rings. The van der Waals surface area contributed by atoms with Crippen molar-refractivity contribution in [1.29, 1.82) is 0 Å². The van der Waals surface area contributed by atoms with E-state index in [4.69, 9.17) is 5.11 Å². The molecule has 0 bridgehead atoms. The molecule has 4 nitrogen and oxygen atoms in total. The van der Waals surface area contributed by atoms with E-state index in [1.807, 2.05) is 13.8 Å². The van der Waals surface area contributed by atoms with Crippen LogP contribution < -0.4 is 0 Å². The van der Waals surface area contributed by atoms with Gasteiger partial charge in [-0.3, -0.25) is 9.59 Å². The van der Waals surface area contributed by atoms with Crippen LogP contribution in [0.25, 0.3) is 0 Å². The fourth-order valence-corrected chi connectivity index (χ4v) is 0.781. The summed E-state index contributed by atoms with van der Waals surface area (Å²) in [6.07, 6.45) is 0.0734. The number of amides is 1. The van der Waals surface area contributed by atoms with Crippen LogP contribution in [0.2, 0.25) is 0 Å². The monoisotopic (exact) mass is 187 g/mol. The van der Waals surface area contributed by atoms with Crippen LogP contribution in [0.5, 0.6) is 0 Å². The van der Waals surface area contributed by atoms with Crippen LogP contribution in [-0.2, 0) is 9.59 Å². The van der Waals surface area contributed by atoms with Crippen molar-refractivity contribution in [3.05, 3.63) is 0 Å². The van der Waals surface area contributed by atoms with Gasteiger partial charge in [-0.1, -0.05) is 6.92 Å². The summed E-state index contributed by atoms with van der Waals surface area (Å²) in [5, 5.41) is 8.58. The molecule has 0 saturated carbocycles. The van der Waals surface area contributed by atoms with Crippen molar-refractivity contribution >= 4 is 11.9 Å². The molecule has 0 fully saturated rings. The first-order chi connectivity index (χ1) is 5.86. The highest BCUT2D eigenvalue weighted by Gasteiger charge is 2.19. The van der Waals surface area contributed by atoms with E-state index >= 15 is 0 Å². The second-order valence-corrected chi connectivity index (χ2v) is 3.54. The summed E-state index contributed by atoms with van der Waals surface area (Å²) in [5.41, 5.74) is 0. The maximum absolute atomic E-state index is 11.4. The zero-order chi connectivity index (χ0) is 10.6. The van der Waals surface area contributed by atoms with E-state index in [2.05, 4.69) is 0 Å². The molecule has 0 saturated heterocycles. The Hall–Kier alpha value is -1.06. The summed E-state index contributed by atoms with van der Waals surface area (Å²) >= 11 is 0. The first kappa shape index (κ1) is 11.9. The Balaban J connectivity index is 4.08. The predicted octanol–water partition coefficient (Wildman–Crippen LogP) is 0.964. The fourth-order valence-electron chi connectivity index (χ4n) is 0.781. The van der Waals surface area contributed by atoms with Crippen molar-refractivity contribution < 1.29 is 14.7 Å². The summed E-state index contributed by atoms with van der Waals surface area (Å²) in [7, 11) is 1.68. The highest BCUT2D eigenvalue weighted by atomic mass is 16.4. The number of hydrogen-bond acceptors (Lipinski definition) is 2. The molecule has 0 heterocycles. The van der Waals surface area contributed by atoms with Crippen LogP contribution in [0.15, 0.2) is 0 Å². The van der Waals surface area contributed by atoms with E-state index in [9.17, 15) is 9.59 Å². The highest BCUT2D eigenvalue weighted by molar-refractivity contribution is 5.82. The third-order valence-corrected chi connectivity index (χ3v) is 2.07. The van der Waals surface area contributed by atoms with E-state index in [-0.39, 0.29) is 18.4 Å². The van der Waals surface area contributed by atoms with E-state index in [1.165, 1.54) is 6.92 Å². The van der Waals surface area contributed by atoms with Gasteiger partial charge in [-0.15, -0.1) is 0 Å². The Labute approximate surface area is 78.5 Å². The minimum atomic E-state index is -0.925. The Bertz CT molecular complexity index is 201. The number of carboxylic acids is 1. The molecule has 76 valence electrons. The number of hydrogen-bond donors (Lipinski definition) is 1. The lowest BCUT2D eigenvalue weighted by Crippen LogP contribution is -2.34. The first-order valence-corrected chi connectivity index (χ1v) is 4.34. The van der Waals surface area contributed by atoms with Crippen molar-refractivity contribution in [3.63, 3.8) is 0 Å². The largest absolute Gasteiger partial charge is 0.481 e. The lowest BCUT2D eigenvalue weighted by Gasteiger charge is -2.22. The van der Waals surface area contributed by atoms with Gasteiger partial charge in [0.1, 0.15) is 0 Å². The lowest BCUT2D eigenvalue weighted by molar-refractivity contribution is -0.145. The van der Waals surface area contributed by atoms with Crippen molar-refractivity contribution in [2.45, 2.75) is 33.2 Å². The molecule has 13 heavy (non-hydrogen) atoms. The van der Waals surface area contributed by atoms with Gasteiger partial charge in [0.25, 0.3) is 0 Å². The molecule has 4 heteroatoms. The number of carbonyl (C=O) groups excluding carboxylic acids is 1. The average Bonchev–Trinajstić information content (AvgIpc) is 2.02. The van der Waals surface area contributed by atoms with E-state index in [0.29, 0.717) is 0 Å². The van der Waals surface area contributed by atoms with E-state index in [1.54, 1.807) is 11.9 Å². The van der Waals surface area contributed by atoms with Crippen molar-refractivity contribution in [2.75, 3.05) is 7.05 Å². The van der Waals surface area contributed by atoms with Gasteiger partial charge in [0.05, 0.1) is 5.92 Å². The van der Waals surface area contributed by atoms with Crippen molar-refractivity contribution in [3.8, 4) is 0 Å². The molecule has 1 amide bonds. The van der Waals surface area contributed by atoms with Gasteiger partial charge in [-0.05, 0) is 13.8 Å². The molecule has 0 aliphatic carbocycles. The predicted molar refractivity (Wildman–Crippen MR) is 49.3 cm³/mol. The summed E-state index contributed by atoms with van der Waals surface area (Å²) < 4.78 is 0. The van der Waals surface area contributed by atoms with Crippen molar-refractivity contribution in [1.82, 2.24) is 4.90 Å².